The Labute approximate surface area is 85.5 Å². The number of hydrogen-bond donors (Lipinski definition) is 2. The van der Waals surface area contributed by atoms with E-state index in [1.807, 2.05) is 0 Å². The molecule has 0 bridgehead atoms. The summed E-state index contributed by atoms with van der Waals surface area (Å²) in [6.45, 7) is 0. The highest BCUT2D eigenvalue weighted by Crippen LogP contribution is 2.36. The molecule has 1 saturated heterocycles. The number of nitrogen functional groups attached to an aromatic ring is 1. The van der Waals surface area contributed by atoms with Crippen LogP contribution in [0.2, 0.25) is 0 Å². The zero-order valence-electron chi connectivity index (χ0n) is 7.30. The van der Waals surface area contributed by atoms with Crippen molar-refractivity contribution in [3.05, 3.63) is 11.1 Å². The fourth-order valence-corrected chi connectivity index (χ4v) is 4.24. The summed E-state index contributed by atoms with van der Waals surface area (Å²) < 4.78 is 22.4. The van der Waals surface area contributed by atoms with E-state index < -0.39 is 15.4 Å². The first-order valence-electron chi connectivity index (χ1n) is 4.06. The summed E-state index contributed by atoms with van der Waals surface area (Å²) in [5.74, 6) is -0.192. The standard InChI is InChI=1S/C7H10N2O3S2/c8-6-9-3-5(13-6)7(10)1-2-14(11,12)4-7/h3,10H,1-2,4H2,(H2,8,9). The minimum Gasteiger partial charge on any atom is -0.383 e. The Balaban J connectivity index is 2.36. The molecule has 2 heterocycles. The predicted octanol–water partition coefficient (Wildman–Crippen LogP) is -0.269. The zero-order chi connectivity index (χ0) is 10.4. The second kappa shape index (κ2) is 2.91. The maximum absolute atomic E-state index is 11.2. The van der Waals surface area contributed by atoms with E-state index in [2.05, 4.69) is 4.98 Å². The molecule has 0 saturated carbocycles. The molecule has 1 fully saturated rings. The van der Waals surface area contributed by atoms with Gasteiger partial charge in [-0.15, -0.1) is 0 Å². The highest BCUT2D eigenvalue weighted by atomic mass is 32.2. The van der Waals surface area contributed by atoms with Crippen molar-refractivity contribution in [1.29, 1.82) is 0 Å². The van der Waals surface area contributed by atoms with E-state index in [9.17, 15) is 13.5 Å². The maximum atomic E-state index is 11.2. The lowest BCUT2D eigenvalue weighted by Gasteiger charge is -2.17. The molecule has 0 aromatic carbocycles. The molecule has 1 aromatic heterocycles. The second-order valence-electron chi connectivity index (χ2n) is 3.44. The lowest BCUT2D eigenvalue weighted by Crippen LogP contribution is -2.25. The number of hydrogen-bond acceptors (Lipinski definition) is 6. The smallest absolute Gasteiger partial charge is 0.180 e. The molecule has 3 N–H and O–H groups in total. The Morgan fingerprint density at radius 2 is 2.36 bits per heavy atom. The summed E-state index contributed by atoms with van der Waals surface area (Å²) in [6, 6.07) is 0. The fraction of sp³-hybridized carbons (Fsp3) is 0.571. The lowest BCUT2D eigenvalue weighted by atomic mass is 10.0. The van der Waals surface area contributed by atoms with Crippen molar-refractivity contribution in [1.82, 2.24) is 4.98 Å². The summed E-state index contributed by atoms with van der Waals surface area (Å²) in [7, 11) is -3.10. The molecule has 1 aliphatic heterocycles. The Morgan fingerprint density at radius 3 is 2.79 bits per heavy atom. The third-order valence-corrected chi connectivity index (χ3v) is 5.03. The van der Waals surface area contributed by atoms with Gasteiger partial charge in [-0.05, 0) is 6.42 Å². The normalized spacial score (nSPS) is 30.6. The van der Waals surface area contributed by atoms with Crippen molar-refractivity contribution >= 4 is 26.3 Å². The summed E-state index contributed by atoms with van der Waals surface area (Å²) in [4.78, 5) is 4.33. The van der Waals surface area contributed by atoms with Gasteiger partial charge in [-0.3, -0.25) is 0 Å². The monoisotopic (exact) mass is 234 g/mol. The lowest BCUT2D eigenvalue weighted by molar-refractivity contribution is 0.0689. The van der Waals surface area contributed by atoms with Crippen molar-refractivity contribution in [2.45, 2.75) is 12.0 Å². The van der Waals surface area contributed by atoms with Crippen molar-refractivity contribution in [3.63, 3.8) is 0 Å². The minimum absolute atomic E-state index is 0.0291. The van der Waals surface area contributed by atoms with Gasteiger partial charge in [-0.25, -0.2) is 13.4 Å². The van der Waals surface area contributed by atoms with Gasteiger partial charge in [0.15, 0.2) is 15.0 Å². The number of thiazole rings is 1. The van der Waals surface area contributed by atoms with Crippen LogP contribution in [0.5, 0.6) is 0 Å². The SMILES string of the molecule is Nc1ncc(C2(O)CCS(=O)(=O)C2)s1. The van der Waals surface area contributed by atoms with E-state index in [-0.39, 0.29) is 17.9 Å². The van der Waals surface area contributed by atoms with Crippen LogP contribution in [0.15, 0.2) is 6.20 Å². The highest BCUT2D eigenvalue weighted by Gasteiger charge is 2.43. The highest BCUT2D eigenvalue weighted by molar-refractivity contribution is 7.91. The second-order valence-corrected chi connectivity index (χ2v) is 6.68. The minimum atomic E-state index is -3.10. The van der Waals surface area contributed by atoms with E-state index >= 15 is 0 Å². The molecule has 0 amide bonds. The van der Waals surface area contributed by atoms with Crippen LogP contribution in [0.1, 0.15) is 11.3 Å². The number of anilines is 1. The van der Waals surface area contributed by atoms with Crippen LogP contribution in [-0.4, -0.2) is 30.0 Å². The third-order valence-electron chi connectivity index (χ3n) is 2.27. The van der Waals surface area contributed by atoms with Gasteiger partial charge in [0.2, 0.25) is 0 Å². The van der Waals surface area contributed by atoms with Crippen LogP contribution >= 0.6 is 11.3 Å². The van der Waals surface area contributed by atoms with Crippen LogP contribution in [0.3, 0.4) is 0 Å². The summed E-state index contributed by atoms with van der Waals surface area (Å²) in [5.41, 5.74) is 4.15. The molecular formula is C7H10N2O3S2. The van der Waals surface area contributed by atoms with Crippen LogP contribution in [0, 0.1) is 0 Å². The molecule has 14 heavy (non-hydrogen) atoms. The molecule has 5 nitrogen and oxygen atoms in total. The Morgan fingerprint density at radius 1 is 1.64 bits per heavy atom. The van der Waals surface area contributed by atoms with Gasteiger partial charge >= 0.3 is 0 Å². The molecule has 1 aliphatic rings. The number of aliphatic hydroxyl groups is 1. The van der Waals surface area contributed by atoms with Gasteiger partial charge < -0.3 is 10.8 Å². The average molecular weight is 234 g/mol. The zero-order valence-corrected chi connectivity index (χ0v) is 8.94. The molecule has 2 rings (SSSR count). The van der Waals surface area contributed by atoms with Crippen LogP contribution in [0.25, 0.3) is 0 Å². The van der Waals surface area contributed by atoms with Gasteiger partial charge in [-0.1, -0.05) is 11.3 Å². The van der Waals surface area contributed by atoms with Gasteiger partial charge in [0.1, 0.15) is 5.60 Å². The Bertz CT molecular complexity index is 453. The molecule has 1 aromatic rings. The van der Waals surface area contributed by atoms with Crippen molar-refractivity contribution < 1.29 is 13.5 Å². The van der Waals surface area contributed by atoms with E-state index in [1.165, 1.54) is 6.20 Å². The van der Waals surface area contributed by atoms with Crippen LogP contribution < -0.4 is 5.73 Å². The molecule has 78 valence electrons. The largest absolute Gasteiger partial charge is 0.383 e. The number of sulfone groups is 1. The first-order chi connectivity index (χ1) is 6.41. The number of nitrogens with zero attached hydrogens (tertiary/aromatic N) is 1. The maximum Gasteiger partial charge on any atom is 0.180 e. The number of aromatic nitrogens is 1. The number of nitrogens with two attached hydrogens (primary N) is 1. The Kier molecular flexibility index (Phi) is 2.06. The van der Waals surface area contributed by atoms with Gasteiger partial charge in [0.05, 0.1) is 16.4 Å². The van der Waals surface area contributed by atoms with E-state index in [1.54, 1.807) is 0 Å². The number of rotatable bonds is 1. The van der Waals surface area contributed by atoms with Crippen molar-refractivity contribution in [2.24, 2.45) is 0 Å². The topological polar surface area (TPSA) is 93.3 Å². The van der Waals surface area contributed by atoms with Crippen molar-refractivity contribution in [2.75, 3.05) is 17.2 Å². The molecule has 7 heteroatoms. The van der Waals surface area contributed by atoms with Gasteiger partial charge in [0.25, 0.3) is 0 Å². The first-order valence-corrected chi connectivity index (χ1v) is 6.70. The van der Waals surface area contributed by atoms with E-state index in [0.717, 1.165) is 11.3 Å². The van der Waals surface area contributed by atoms with Gasteiger partial charge in [0, 0.05) is 6.20 Å². The predicted molar refractivity (Wildman–Crippen MR) is 53.7 cm³/mol. The molecule has 0 aliphatic carbocycles. The van der Waals surface area contributed by atoms with Crippen LogP contribution in [-0.2, 0) is 15.4 Å². The average Bonchev–Trinajstić information content (AvgIpc) is 2.57. The first kappa shape index (κ1) is 9.88. The van der Waals surface area contributed by atoms with E-state index in [4.69, 9.17) is 5.73 Å². The quantitative estimate of drug-likeness (QED) is 0.697. The van der Waals surface area contributed by atoms with Crippen molar-refractivity contribution in [3.8, 4) is 0 Å². The molecule has 1 unspecified atom stereocenters. The fourth-order valence-electron chi connectivity index (χ4n) is 1.53. The molecular weight excluding hydrogens is 224 g/mol. The van der Waals surface area contributed by atoms with Gasteiger partial charge in [-0.2, -0.15) is 0 Å². The van der Waals surface area contributed by atoms with Crippen LogP contribution in [0.4, 0.5) is 5.13 Å². The summed E-state index contributed by atoms with van der Waals surface area (Å²) >= 11 is 1.14. The third kappa shape index (κ3) is 1.62. The van der Waals surface area contributed by atoms with E-state index in [0.29, 0.717) is 10.0 Å². The molecule has 0 radical (unpaired) electrons. The molecule has 0 spiro atoms. The Hall–Kier alpha value is -0.660. The molecule has 1 atom stereocenters. The summed E-state index contributed by atoms with van der Waals surface area (Å²) in [5, 5.41) is 10.4. The summed E-state index contributed by atoms with van der Waals surface area (Å²) in [6.07, 6.45) is 1.68.